The van der Waals surface area contributed by atoms with Gasteiger partial charge < -0.3 is 10.3 Å². The van der Waals surface area contributed by atoms with Crippen LogP contribution in [-0.2, 0) is 0 Å². The normalized spacial score (nSPS) is 10.1. The van der Waals surface area contributed by atoms with Crippen molar-refractivity contribution in [2.24, 2.45) is 0 Å². The molecule has 0 radical (unpaired) electrons. The number of halogens is 1. The van der Waals surface area contributed by atoms with Crippen LogP contribution in [0.3, 0.4) is 0 Å². The fraction of sp³-hybridized carbons (Fsp3) is 0. The van der Waals surface area contributed by atoms with Gasteiger partial charge in [-0.25, -0.2) is 14.8 Å². The number of anilines is 1. The van der Waals surface area contributed by atoms with E-state index in [1.54, 1.807) is 0 Å². The second kappa shape index (κ2) is 4.80. The molecule has 2 heterocycles. The smallest absolute Gasteiger partial charge is 0.313 e. The Morgan fingerprint density at radius 1 is 1.33 bits per heavy atom. The first kappa shape index (κ1) is 12.0. The quantitative estimate of drug-likeness (QED) is 0.649. The van der Waals surface area contributed by atoms with Crippen molar-refractivity contribution in [1.29, 1.82) is 0 Å². The van der Waals surface area contributed by atoms with Crippen molar-refractivity contribution in [3.05, 3.63) is 50.1 Å². The van der Waals surface area contributed by atoms with Crippen LogP contribution >= 0.6 is 11.6 Å². The highest BCUT2D eigenvalue weighted by molar-refractivity contribution is 6.29. The van der Waals surface area contributed by atoms with Gasteiger partial charge in [0.1, 0.15) is 22.9 Å². The highest BCUT2D eigenvalue weighted by Gasteiger charge is 2.11. The topological polar surface area (TPSA) is 121 Å². The third-order valence-corrected chi connectivity index (χ3v) is 2.15. The van der Waals surface area contributed by atoms with Crippen LogP contribution in [0.15, 0.2) is 28.2 Å². The molecule has 0 spiro atoms. The number of H-pyrrole nitrogens is 2. The molecule has 18 heavy (non-hydrogen) atoms. The molecule has 0 atom stereocenters. The van der Waals surface area contributed by atoms with Crippen molar-refractivity contribution in [1.82, 2.24) is 19.9 Å². The molecule has 1 amide bonds. The summed E-state index contributed by atoms with van der Waals surface area (Å²) in [6.07, 6.45) is 2.17. The molecular weight excluding hydrogens is 262 g/mol. The molecule has 2 rings (SSSR count). The van der Waals surface area contributed by atoms with Gasteiger partial charge in [-0.2, -0.15) is 0 Å². The van der Waals surface area contributed by atoms with Gasteiger partial charge in [-0.05, 0) is 0 Å². The molecule has 3 N–H and O–H groups in total. The molecule has 0 unspecified atom stereocenters. The van der Waals surface area contributed by atoms with Crippen LogP contribution in [-0.4, -0.2) is 25.8 Å². The van der Waals surface area contributed by atoms with Crippen LogP contribution in [0.2, 0.25) is 5.15 Å². The summed E-state index contributed by atoms with van der Waals surface area (Å²) >= 11 is 5.61. The number of hydrogen-bond donors (Lipinski definition) is 3. The second-order valence-electron chi connectivity index (χ2n) is 3.17. The minimum atomic E-state index is -0.795. The van der Waals surface area contributed by atoms with Crippen LogP contribution in [0.1, 0.15) is 10.4 Å². The summed E-state index contributed by atoms with van der Waals surface area (Å²) in [4.78, 5) is 45.3. The summed E-state index contributed by atoms with van der Waals surface area (Å²) in [6, 6.07) is 1.32. The molecule has 0 bridgehead atoms. The first-order chi connectivity index (χ1) is 8.56. The zero-order valence-corrected chi connectivity index (χ0v) is 9.49. The monoisotopic (exact) mass is 267 g/mol. The van der Waals surface area contributed by atoms with Crippen molar-refractivity contribution < 1.29 is 4.79 Å². The number of rotatable bonds is 2. The Kier molecular flexibility index (Phi) is 3.20. The van der Waals surface area contributed by atoms with Crippen LogP contribution in [0.25, 0.3) is 0 Å². The van der Waals surface area contributed by atoms with Gasteiger partial charge in [0.2, 0.25) is 0 Å². The number of hydrogen-bond acceptors (Lipinski definition) is 5. The molecule has 92 valence electrons. The Labute approximate surface area is 104 Å². The summed E-state index contributed by atoms with van der Waals surface area (Å²) < 4.78 is 0. The van der Waals surface area contributed by atoms with E-state index in [2.05, 4.69) is 20.3 Å². The van der Waals surface area contributed by atoms with Crippen molar-refractivity contribution in [2.75, 3.05) is 5.32 Å². The van der Waals surface area contributed by atoms with Gasteiger partial charge in [-0.15, -0.1) is 0 Å². The molecule has 8 nitrogen and oxygen atoms in total. The summed E-state index contributed by atoms with van der Waals surface area (Å²) in [5, 5.41) is 2.49. The Morgan fingerprint density at radius 3 is 2.78 bits per heavy atom. The van der Waals surface area contributed by atoms with Gasteiger partial charge in [-0.1, -0.05) is 11.6 Å². The summed E-state index contributed by atoms with van der Waals surface area (Å²) in [5.41, 5.74) is -1.73. The zero-order valence-electron chi connectivity index (χ0n) is 8.73. The maximum absolute atomic E-state index is 11.7. The average molecular weight is 268 g/mol. The standard InChI is InChI=1S/C9H6ClN5O3/c10-5-1-6(13-3-12-5)14-7(16)4-2-11-9(18)15-8(4)17/h1-3H,(H2,11,15,17,18)(H,12,13,14,16). The van der Waals surface area contributed by atoms with Crippen LogP contribution in [0.4, 0.5) is 5.82 Å². The number of carbonyl (C=O) groups is 1. The fourth-order valence-electron chi connectivity index (χ4n) is 1.16. The highest BCUT2D eigenvalue weighted by Crippen LogP contribution is 2.08. The van der Waals surface area contributed by atoms with Crippen LogP contribution < -0.4 is 16.6 Å². The number of aromatic amines is 2. The molecule has 2 aromatic rings. The lowest BCUT2D eigenvalue weighted by Crippen LogP contribution is -2.29. The third kappa shape index (κ3) is 2.61. The van der Waals surface area contributed by atoms with E-state index in [9.17, 15) is 14.4 Å². The number of nitrogens with zero attached hydrogens (tertiary/aromatic N) is 2. The summed E-state index contributed by atoms with van der Waals surface area (Å²) in [5.74, 6) is -0.576. The van der Waals surface area contributed by atoms with Crippen molar-refractivity contribution >= 4 is 23.3 Å². The lowest BCUT2D eigenvalue weighted by Gasteiger charge is -2.02. The first-order valence-corrected chi connectivity index (χ1v) is 5.05. The molecule has 0 aliphatic carbocycles. The number of aromatic nitrogens is 4. The summed E-state index contributed by atoms with van der Waals surface area (Å²) in [6.45, 7) is 0. The Hall–Kier alpha value is -2.48. The van der Waals surface area contributed by atoms with Gasteiger partial charge in [0.25, 0.3) is 11.5 Å². The Morgan fingerprint density at radius 2 is 2.11 bits per heavy atom. The number of nitrogens with one attached hydrogen (secondary N) is 3. The largest absolute Gasteiger partial charge is 0.325 e. The van der Waals surface area contributed by atoms with E-state index < -0.39 is 17.2 Å². The van der Waals surface area contributed by atoms with Crippen LogP contribution in [0, 0.1) is 0 Å². The average Bonchev–Trinajstić information content (AvgIpc) is 2.28. The fourth-order valence-corrected chi connectivity index (χ4v) is 1.31. The van der Waals surface area contributed by atoms with Gasteiger partial charge in [0, 0.05) is 12.3 Å². The van der Waals surface area contributed by atoms with Crippen molar-refractivity contribution in [3.63, 3.8) is 0 Å². The molecule has 0 saturated heterocycles. The number of amides is 1. The highest BCUT2D eigenvalue weighted by atomic mass is 35.5. The zero-order chi connectivity index (χ0) is 13.1. The molecule has 0 aliphatic heterocycles. The van der Waals surface area contributed by atoms with Gasteiger partial charge >= 0.3 is 5.69 Å². The minimum absolute atomic E-state index is 0.144. The van der Waals surface area contributed by atoms with E-state index in [1.807, 2.05) is 4.98 Å². The molecule has 0 aromatic carbocycles. The molecule has 0 fully saturated rings. The van der Waals surface area contributed by atoms with E-state index in [4.69, 9.17) is 11.6 Å². The Balaban J connectivity index is 2.27. The van der Waals surface area contributed by atoms with Gasteiger partial charge in [0.05, 0.1) is 0 Å². The summed E-state index contributed by atoms with van der Waals surface area (Å²) in [7, 11) is 0. The molecule has 2 aromatic heterocycles. The number of carbonyl (C=O) groups excluding carboxylic acids is 1. The molecule has 0 aliphatic rings. The maximum Gasteiger partial charge on any atom is 0.325 e. The van der Waals surface area contributed by atoms with E-state index in [0.29, 0.717) is 0 Å². The predicted molar refractivity (Wildman–Crippen MR) is 62.7 cm³/mol. The molecular formula is C9H6ClN5O3. The molecule has 9 heteroatoms. The van der Waals surface area contributed by atoms with Crippen molar-refractivity contribution in [2.45, 2.75) is 0 Å². The van der Waals surface area contributed by atoms with E-state index in [-0.39, 0.29) is 16.5 Å². The minimum Gasteiger partial charge on any atom is -0.313 e. The predicted octanol–water partition coefficient (Wildman–Crippen LogP) is -0.241. The third-order valence-electron chi connectivity index (χ3n) is 1.94. The second-order valence-corrected chi connectivity index (χ2v) is 3.55. The lowest BCUT2D eigenvalue weighted by molar-refractivity contribution is 0.102. The van der Waals surface area contributed by atoms with Crippen LogP contribution in [0.5, 0.6) is 0 Å². The SMILES string of the molecule is O=C(Nc1cc(Cl)ncn1)c1c[nH]c(=O)[nH]c1=O. The van der Waals surface area contributed by atoms with Gasteiger partial charge in [-0.3, -0.25) is 14.6 Å². The lowest BCUT2D eigenvalue weighted by atomic mass is 10.3. The van der Waals surface area contributed by atoms with Gasteiger partial charge in [0.15, 0.2) is 0 Å². The maximum atomic E-state index is 11.7. The molecule has 0 saturated carbocycles. The van der Waals surface area contributed by atoms with E-state index in [1.165, 1.54) is 6.07 Å². The van der Waals surface area contributed by atoms with E-state index in [0.717, 1.165) is 12.5 Å². The Bertz CT molecular complexity index is 708. The van der Waals surface area contributed by atoms with Crippen molar-refractivity contribution in [3.8, 4) is 0 Å². The first-order valence-electron chi connectivity index (χ1n) is 4.67. The van der Waals surface area contributed by atoms with E-state index >= 15 is 0 Å².